The SMILES string of the molecule is CCN(CC)C1C[CH]CCC1. The Morgan fingerprint density at radius 2 is 2.09 bits per heavy atom. The molecule has 65 valence electrons. The minimum absolute atomic E-state index is 0.860. The first-order valence-corrected chi connectivity index (χ1v) is 4.94. The van der Waals surface area contributed by atoms with Gasteiger partial charge in [0.2, 0.25) is 0 Å². The van der Waals surface area contributed by atoms with Gasteiger partial charge in [-0.15, -0.1) is 0 Å². The molecule has 1 aliphatic carbocycles. The molecule has 0 amide bonds. The van der Waals surface area contributed by atoms with Gasteiger partial charge in [0.05, 0.1) is 0 Å². The van der Waals surface area contributed by atoms with E-state index in [9.17, 15) is 0 Å². The predicted octanol–water partition coefficient (Wildman–Crippen LogP) is 2.48. The summed E-state index contributed by atoms with van der Waals surface area (Å²) in [5.41, 5.74) is 0. The van der Waals surface area contributed by atoms with Crippen molar-refractivity contribution in [1.29, 1.82) is 0 Å². The summed E-state index contributed by atoms with van der Waals surface area (Å²) in [6.45, 7) is 6.96. The quantitative estimate of drug-likeness (QED) is 0.603. The van der Waals surface area contributed by atoms with Crippen molar-refractivity contribution >= 4 is 0 Å². The van der Waals surface area contributed by atoms with Crippen molar-refractivity contribution in [2.24, 2.45) is 0 Å². The Kier molecular flexibility index (Phi) is 3.92. The van der Waals surface area contributed by atoms with Crippen LogP contribution in [0.25, 0.3) is 0 Å². The minimum atomic E-state index is 0.860. The highest BCUT2D eigenvalue weighted by molar-refractivity contribution is 4.83. The molecule has 1 fully saturated rings. The van der Waals surface area contributed by atoms with Crippen LogP contribution < -0.4 is 0 Å². The van der Waals surface area contributed by atoms with Gasteiger partial charge in [0, 0.05) is 6.04 Å². The van der Waals surface area contributed by atoms with Crippen LogP contribution >= 0.6 is 0 Å². The number of nitrogens with zero attached hydrogens (tertiary/aromatic N) is 1. The molecule has 0 bridgehead atoms. The van der Waals surface area contributed by atoms with Crippen molar-refractivity contribution in [1.82, 2.24) is 4.90 Å². The molecule has 0 aliphatic heterocycles. The largest absolute Gasteiger partial charge is 0.301 e. The van der Waals surface area contributed by atoms with Crippen molar-refractivity contribution in [3.05, 3.63) is 6.42 Å². The Morgan fingerprint density at radius 3 is 2.55 bits per heavy atom. The maximum absolute atomic E-state index is 2.58. The van der Waals surface area contributed by atoms with Gasteiger partial charge in [0.15, 0.2) is 0 Å². The second-order valence-corrected chi connectivity index (χ2v) is 3.33. The monoisotopic (exact) mass is 154 g/mol. The first-order valence-electron chi connectivity index (χ1n) is 4.94. The van der Waals surface area contributed by atoms with Crippen LogP contribution in [0.2, 0.25) is 0 Å². The van der Waals surface area contributed by atoms with E-state index < -0.39 is 0 Å². The van der Waals surface area contributed by atoms with E-state index in [4.69, 9.17) is 0 Å². The summed E-state index contributed by atoms with van der Waals surface area (Å²) in [5, 5.41) is 0. The fraction of sp³-hybridized carbons (Fsp3) is 0.900. The second kappa shape index (κ2) is 4.76. The lowest BCUT2D eigenvalue weighted by Gasteiger charge is -2.32. The Bertz CT molecular complexity index is 91.0. The van der Waals surface area contributed by atoms with Crippen LogP contribution in [0, 0.1) is 6.42 Å². The van der Waals surface area contributed by atoms with E-state index in [1.165, 1.54) is 38.8 Å². The third-order valence-corrected chi connectivity index (χ3v) is 2.71. The molecule has 11 heavy (non-hydrogen) atoms. The lowest BCUT2D eigenvalue weighted by molar-refractivity contribution is 0.188. The zero-order valence-corrected chi connectivity index (χ0v) is 7.84. The molecule has 0 N–H and O–H groups in total. The fourth-order valence-electron chi connectivity index (χ4n) is 2.00. The number of rotatable bonds is 3. The average Bonchev–Trinajstić information content (AvgIpc) is 2.09. The van der Waals surface area contributed by atoms with E-state index in [0.29, 0.717) is 0 Å². The molecule has 0 heterocycles. The van der Waals surface area contributed by atoms with Gasteiger partial charge in [-0.1, -0.05) is 26.7 Å². The summed E-state index contributed by atoms with van der Waals surface area (Å²) in [4.78, 5) is 2.58. The van der Waals surface area contributed by atoms with Gasteiger partial charge >= 0.3 is 0 Å². The van der Waals surface area contributed by atoms with Gasteiger partial charge < -0.3 is 4.90 Å². The number of hydrogen-bond acceptors (Lipinski definition) is 1. The molecule has 1 heteroatoms. The lowest BCUT2D eigenvalue weighted by Crippen LogP contribution is -2.36. The Hall–Kier alpha value is -0.0400. The van der Waals surface area contributed by atoms with E-state index in [1.807, 2.05) is 0 Å². The molecule has 1 atom stereocenters. The van der Waals surface area contributed by atoms with Crippen LogP contribution in [0.15, 0.2) is 0 Å². The van der Waals surface area contributed by atoms with Crippen molar-refractivity contribution in [2.75, 3.05) is 13.1 Å². The van der Waals surface area contributed by atoms with Gasteiger partial charge in [-0.05, 0) is 32.4 Å². The van der Waals surface area contributed by atoms with Gasteiger partial charge in [-0.2, -0.15) is 0 Å². The molecule has 1 aliphatic rings. The Labute approximate surface area is 70.8 Å². The molecule has 1 saturated carbocycles. The molecule has 1 nitrogen and oxygen atoms in total. The van der Waals surface area contributed by atoms with E-state index in [2.05, 4.69) is 25.2 Å². The summed E-state index contributed by atoms with van der Waals surface area (Å²) in [7, 11) is 0. The first kappa shape index (κ1) is 9.05. The van der Waals surface area contributed by atoms with Crippen molar-refractivity contribution in [3.8, 4) is 0 Å². The molecule has 0 spiro atoms. The molecular weight excluding hydrogens is 134 g/mol. The third-order valence-electron chi connectivity index (χ3n) is 2.71. The molecular formula is C10H20N. The average molecular weight is 154 g/mol. The van der Waals surface area contributed by atoms with Gasteiger partial charge in [0.1, 0.15) is 0 Å². The van der Waals surface area contributed by atoms with E-state index in [-0.39, 0.29) is 0 Å². The van der Waals surface area contributed by atoms with Crippen LogP contribution in [0.4, 0.5) is 0 Å². The topological polar surface area (TPSA) is 3.24 Å². The standard InChI is InChI=1S/C10H20N/c1-3-11(4-2)10-8-6-5-7-9-10/h6,10H,3-5,7-9H2,1-2H3. The maximum atomic E-state index is 2.58. The van der Waals surface area contributed by atoms with Crippen LogP contribution in [-0.4, -0.2) is 24.0 Å². The molecule has 0 saturated heterocycles. The highest BCUT2D eigenvalue weighted by Gasteiger charge is 2.17. The summed E-state index contributed by atoms with van der Waals surface area (Å²) in [6, 6.07) is 0.860. The Balaban J connectivity index is 2.30. The highest BCUT2D eigenvalue weighted by Crippen LogP contribution is 2.21. The molecule has 0 aromatic heterocycles. The van der Waals surface area contributed by atoms with Gasteiger partial charge in [0.25, 0.3) is 0 Å². The van der Waals surface area contributed by atoms with E-state index in [1.54, 1.807) is 0 Å². The maximum Gasteiger partial charge on any atom is 0.00977 e. The summed E-state index contributed by atoms with van der Waals surface area (Å²) < 4.78 is 0. The normalized spacial score (nSPS) is 21.0. The summed E-state index contributed by atoms with van der Waals surface area (Å²) >= 11 is 0. The molecule has 1 rings (SSSR count). The van der Waals surface area contributed by atoms with E-state index >= 15 is 0 Å². The fourth-order valence-corrected chi connectivity index (χ4v) is 2.00. The minimum Gasteiger partial charge on any atom is -0.301 e. The van der Waals surface area contributed by atoms with Crippen LogP contribution in [0.5, 0.6) is 0 Å². The molecule has 1 radical (unpaired) electrons. The Morgan fingerprint density at radius 1 is 1.36 bits per heavy atom. The smallest absolute Gasteiger partial charge is 0.00977 e. The number of hydrogen-bond donors (Lipinski definition) is 0. The van der Waals surface area contributed by atoms with E-state index in [0.717, 1.165) is 6.04 Å². The van der Waals surface area contributed by atoms with Crippen LogP contribution in [0.3, 0.4) is 0 Å². The molecule has 1 unspecified atom stereocenters. The van der Waals surface area contributed by atoms with Crippen molar-refractivity contribution in [3.63, 3.8) is 0 Å². The summed E-state index contributed by atoms with van der Waals surface area (Å²) in [6.07, 6.45) is 7.94. The van der Waals surface area contributed by atoms with Crippen LogP contribution in [-0.2, 0) is 0 Å². The highest BCUT2D eigenvalue weighted by atomic mass is 15.1. The van der Waals surface area contributed by atoms with Crippen LogP contribution in [0.1, 0.15) is 39.5 Å². The van der Waals surface area contributed by atoms with Gasteiger partial charge in [-0.3, -0.25) is 0 Å². The van der Waals surface area contributed by atoms with Gasteiger partial charge in [-0.25, -0.2) is 0 Å². The van der Waals surface area contributed by atoms with Crippen molar-refractivity contribution < 1.29 is 0 Å². The van der Waals surface area contributed by atoms with Crippen molar-refractivity contribution in [2.45, 2.75) is 45.6 Å². The first-order chi connectivity index (χ1) is 5.38. The lowest BCUT2D eigenvalue weighted by atomic mass is 9.94. The molecule has 0 aromatic carbocycles. The second-order valence-electron chi connectivity index (χ2n) is 3.33. The zero-order chi connectivity index (χ0) is 8.10. The third kappa shape index (κ3) is 2.48. The zero-order valence-electron chi connectivity index (χ0n) is 7.84. The predicted molar refractivity (Wildman–Crippen MR) is 49.5 cm³/mol. The molecule has 0 aromatic rings. The summed E-state index contributed by atoms with van der Waals surface area (Å²) in [5.74, 6) is 0.